The van der Waals surface area contributed by atoms with E-state index in [0.29, 0.717) is 56.4 Å². The fourth-order valence-electron chi connectivity index (χ4n) is 7.21. The lowest BCUT2D eigenvalue weighted by molar-refractivity contribution is -0.605. The van der Waals surface area contributed by atoms with Gasteiger partial charge < -0.3 is 24.5 Å². The predicted molar refractivity (Wildman–Crippen MR) is 204 cm³/mol. The van der Waals surface area contributed by atoms with Crippen LogP contribution in [0.3, 0.4) is 0 Å². The third kappa shape index (κ3) is 8.95. The number of methoxy groups -OCH3 is 2. The van der Waals surface area contributed by atoms with Crippen LogP contribution < -0.4 is 23.8 Å². The number of anilines is 2. The number of nitrogens with zero attached hydrogens (tertiary/aromatic N) is 3. The van der Waals surface area contributed by atoms with Gasteiger partial charge in [-0.05, 0) is 97.4 Å². The summed E-state index contributed by atoms with van der Waals surface area (Å²) in [6.45, 7) is 2.55. The number of piperidine rings is 3. The van der Waals surface area contributed by atoms with Crippen molar-refractivity contribution >= 4 is 56.7 Å². The number of rotatable bonds is 13. The number of carboxylic acids is 1. The summed E-state index contributed by atoms with van der Waals surface area (Å²) in [4.78, 5) is 30.6. The molecule has 54 heavy (non-hydrogen) atoms. The molecule has 3 saturated heterocycles. The SMILES string of the molecule is COc1ccc([C@H](Cc2c(Cl)c[n+]([O-])cc2Cl)c2cc(CN(C(=O)O[C@H]3CN4CCC3CC4)c3ccc(NS(C)(=O)=O)cc3)ccc2C(=O)O)cc1OC. The second kappa shape index (κ2) is 16.3. The molecule has 3 fully saturated rings. The molecule has 2 N–H and O–H groups in total. The third-order valence-corrected chi connectivity index (χ3v) is 11.1. The van der Waals surface area contributed by atoms with Gasteiger partial charge in [0.2, 0.25) is 10.0 Å². The molecule has 0 unspecified atom stereocenters. The van der Waals surface area contributed by atoms with E-state index < -0.39 is 28.0 Å². The van der Waals surface area contributed by atoms with Crippen molar-refractivity contribution in [1.82, 2.24) is 4.90 Å². The molecule has 2 bridgehead atoms. The first-order valence-corrected chi connectivity index (χ1v) is 19.8. The monoisotopic (exact) mass is 798 g/mol. The zero-order valence-corrected chi connectivity index (χ0v) is 32.2. The molecule has 0 aliphatic carbocycles. The number of carbonyl (C=O) groups excluding carboxylic acids is 1. The predicted octanol–water partition coefficient (Wildman–Crippen LogP) is 6.33. The minimum Gasteiger partial charge on any atom is -0.619 e. The second-order valence-corrected chi connectivity index (χ2v) is 16.0. The molecule has 0 spiro atoms. The number of ether oxygens (including phenoxy) is 3. The fourth-order valence-corrected chi connectivity index (χ4v) is 8.37. The summed E-state index contributed by atoms with van der Waals surface area (Å²) in [6.07, 6.45) is 4.49. The van der Waals surface area contributed by atoms with Crippen molar-refractivity contribution in [3.63, 3.8) is 0 Å². The van der Waals surface area contributed by atoms with Crippen molar-refractivity contribution in [2.24, 2.45) is 5.92 Å². The molecule has 0 radical (unpaired) electrons. The molecule has 1 aromatic heterocycles. The number of hydrogen-bond acceptors (Lipinski definition) is 9. The van der Waals surface area contributed by atoms with Crippen LogP contribution in [0.15, 0.2) is 73.1 Å². The average molecular weight is 800 g/mol. The van der Waals surface area contributed by atoms with Crippen LogP contribution in [-0.2, 0) is 27.7 Å². The largest absolute Gasteiger partial charge is 0.619 e. The number of halogens is 2. The zero-order valence-electron chi connectivity index (χ0n) is 29.8. The first kappa shape index (κ1) is 38.9. The Hall–Kier alpha value is -4.76. The molecule has 3 aliphatic rings. The molecule has 4 heterocycles. The minimum atomic E-state index is -3.54. The molecule has 4 aromatic rings. The summed E-state index contributed by atoms with van der Waals surface area (Å²) < 4.78 is 43.9. The van der Waals surface area contributed by atoms with Gasteiger partial charge in [0.25, 0.3) is 0 Å². The zero-order chi connectivity index (χ0) is 38.7. The maximum absolute atomic E-state index is 14.1. The molecule has 0 saturated carbocycles. The molecule has 1 amide bonds. The smallest absolute Gasteiger partial charge is 0.414 e. The number of benzene rings is 3. The number of aromatic nitrogens is 1. The number of hydrogen-bond donors (Lipinski definition) is 2. The molecule has 3 aliphatic heterocycles. The summed E-state index contributed by atoms with van der Waals surface area (Å²) in [5.41, 5.74) is 2.79. The number of carboxylic acid groups (broad SMARTS) is 1. The molecule has 7 rings (SSSR count). The van der Waals surface area contributed by atoms with Crippen molar-refractivity contribution in [3.8, 4) is 11.5 Å². The summed E-state index contributed by atoms with van der Waals surface area (Å²) in [7, 11) is -0.544. The Morgan fingerprint density at radius 2 is 1.67 bits per heavy atom. The van der Waals surface area contributed by atoms with Crippen LogP contribution in [0.5, 0.6) is 11.5 Å². The first-order chi connectivity index (χ1) is 25.7. The molecule has 3 aromatic carbocycles. The van der Waals surface area contributed by atoms with Crippen LogP contribution >= 0.6 is 23.2 Å². The van der Waals surface area contributed by atoms with E-state index in [1.165, 1.54) is 37.6 Å². The highest BCUT2D eigenvalue weighted by Crippen LogP contribution is 2.39. The molecule has 16 heteroatoms. The molecule has 286 valence electrons. The maximum atomic E-state index is 14.1. The minimum absolute atomic E-state index is 0.00166. The number of amides is 1. The van der Waals surface area contributed by atoms with Crippen molar-refractivity contribution in [1.29, 1.82) is 0 Å². The number of pyridine rings is 1. The van der Waals surface area contributed by atoms with Crippen LogP contribution in [0.2, 0.25) is 10.0 Å². The molecular weight excluding hydrogens is 759 g/mol. The van der Waals surface area contributed by atoms with Gasteiger partial charge in [0.05, 0.1) is 32.6 Å². The van der Waals surface area contributed by atoms with Gasteiger partial charge in [-0.15, -0.1) is 0 Å². The van der Waals surface area contributed by atoms with E-state index in [1.54, 1.807) is 54.6 Å². The Kier molecular flexibility index (Phi) is 11.8. The summed E-state index contributed by atoms with van der Waals surface area (Å²) in [5.74, 6) is -0.755. The summed E-state index contributed by atoms with van der Waals surface area (Å²) in [5, 5.41) is 22.8. The van der Waals surface area contributed by atoms with Crippen LogP contribution in [0.1, 0.15) is 51.4 Å². The van der Waals surface area contributed by atoms with Crippen LogP contribution in [0, 0.1) is 11.1 Å². The highest BCUT2D eigenvalue weighted by atomic mass is 35.5. The van der Waals surface area contributed by atoms with E-state index in [0.717, 1.165) is 32.2 Å². The standard InChI is InChI=1S/C38H40Cl2N4O9S/c1-51-34-11-5-25(17-35(34)52-2)29(18-31-32(39)20-43(48)21-33(31)40)30-16-23(4-10-28(30)37(45)46)19-44(27-8-6-26(7-9-27)41-54(3,49)50)38(47)53-36-22-42-14-12-24(36)13-15-42/h4-11,16-17,20-21,24,29,36,41H,12-15,18-19,22H2,1-3H3,(H,45,46)/t29-,36-/m0/s1. The normalized spacial score (nSPS) is 18.4. The Labute approximate surface area is 323 Å². The summed E-state index contributed by atoms with van der Waals surface area (Å²) >= 11 is 13.1. The van der Waals surface area contributed by atoms with Gasteiger partial charge in [-0.2, -0.15) is 4.73 Å². The first-order valence-electron chi connectivity index (χ1n) is 17.2. The second-order valence-electron chi connectivity index (χ2n) is 13.5. The lowest BCUT2D eigenvalue weighted by Gasteiger charge is -2.44. The van der Waals surface area contributed by atoms with Crippen molar-refractivity contribution in [2.75, 3.05) is 49.7 Å². The van der Waals surface area contributed by atoms with Crippen LogP contribution in [0.4, 0.5) is 16.2 Å². The van der Waals surface area contributed by atoms with Crippen LogP contribution in [-0.4, -0.2) is 76.7 Å². The van der Waals surface area contributed by atoms with Gasteiger partial charge in [0.15, 0.2) is 23.9 Å². The summed E-state index contributed by atoms with van der Waals surface area (Å²) in [6, 6.07) is 16.4. The van der Waals surface area contributed by atoms with E-state index in [1.807, 2.05) is 0 Å². The molecular formula is C38H40Cl2N4O9S. The van der Waals surface area contributed by atoms with Gasteiger partial charge >= 0.3 is 12.1 Å². The Balaban J connectivity index is 1.43. The van der Waals surface area contributed by atoms with E-state index in [4.69, 9.17) is 37.4 Å². The fraction of sp³-hybridized carbons (Fsp3) is 0.342. The number of fused-ring (bicyclic) bond motifs is 3. The number of aromatic carboxylic acids is 1. The lowest BCUT2D eigenvalue weighted by Crippen LogP contribution is -2.53. The van der Waals surface area contributed by atoms with Crippen LogP contribution in [0.25, 0.3) is 0 Å². The molecule has 13 nitrogen and oxygen atoms in total. The van der Waals surface area contributed by atoms with E-state index in [9.17, 15) is 28.3 Å². The van der Waals surface area contributed by atoms with Crippen molar-refractivity contribution in [3.05, 3.63) is 116 Å². The highest BCUT2D eigenvalue weighted by Gasteiger charge is 2.37. The Morgan fingerprint density at radius 3 is 2.24 bits per heavy atom. The third-order valence-electron chi connectivity index (χ3n) is 9.89. The van der Waals surface area contributed by atoms with E-state index >= 15 is 0 Å². The number of sulfonamides is 1. The Morgan fingerprint density at radius 1 is 1.00 bits per heavy atom. The molecule has 2 atom stereocenters. The lowest BCUT2D eigenvalue weighted by atomic mass is 9.82. The van der Waals surface area contributed by atoms with E-state index in [-0.39, 0.29) is 40.6 Å². The number of carbonyl (C=O) groups is 2. The van der Waals surface area contributed by atoms with Gasteiger partial charge in [-0.25, -0.2) is 18.0 Å². The van der Waals surface area contributed by atoms with E-state index in [2.05, 4.69) is 9.62 Å². The van der Waals surface area contributed by atoms with Gasteiger partial charge in [0, 0.05) is 29.4 Å². The quantitative estimate of drug-likeness (QED) is 0.116. The van der Waals surface area contributed by atoms with Gasteiger partial charge in [-0.1, -0.05) is 41.4 Å². The maximum Gasteiger partial charge on any atom is 0.414 e. The number of nitrogens with one attached hydrogen (secondary N) is 1. The van der Waals surface area contributed by atoms with Gasteiger partial charge in [0.1, 0.15) is 16.1 Å². The van der Waals surface area contributed by atoms with Crippen molar-refractivity contribution < 1.29 is 42.1 Å². The average Bonchev–Trinajstić information content (AvgIpc) is 3.13. The highest BCUT2D eigenvalue weighted by molar-refractivity contribution is 7.92. The Bertz CT molecular complexity index is 2120. The van der Waals surface area contributed by atoms with Gasteiger partial charge in [-0.3, -0.25) is 14.5 Å². The van der Waals surface area contributed by atoms with Crippen molar-refractivity contribution in [2.45, 2.75) is 37.8 Å². The topological polar surface area (TPSA) is 162 Å².